The predicted molar refractivity (Wildman–Crippen MR) is 125 cm³/mol. The summed E-state index contributed by atoms with van der Waals surface area (Å²) in [4.78, 5) is 20.3. The molecule has 0 radical (unpaired) electrons. The molecule has 7 nitrogen and oxygen atoms in total. The molecule has 1 fully saturated rings. The van der Waals surface area contributed by atoms with E-state index in [0.717, 1.165) is 60.8 Å². The second-order valence-corrected chi connectivity index (χ2v) is 9.30. The van der Waals surface area contributed by atoms with Crippen molar-refractivity contribution >= 4 is 22.9 Å². The Hall–Kier alpha value is -3.03. The Balaban J connectivity index is 1.31. The number of aromatic nitrogens is 5. The quantitative estimate of drug-likeness (QED) is 0.502. The monoisotopic (exact) mass is 445 g/mol. The summed E-state index contributed by atoms with van der Waals surface area (Å²) in [6.45, 7) is 3.73. The van der Waals surface area contributed by atoms with Crippen LogP contribution in [0.2, 0.25) is 5.02 Å². The largest absolute Gasteiger partial charge is 0.355 e. The molecular formula is C24H24ClN7. The maximum atomic E-state index is 6.72. The topological polar surface area (TPSA) is 85.2 Å². The lowest BCUT2D eigenvalue weighted by Crippen LogP contribution is -2.44. The van der Waals surface area contributed by atoms with E-state index in [2.05, 4.69) is 25.3 Å². The molecule has 0 amide bonds. The number of pyridine rings is 2. The average Bonchev–Trinajstić information content (AvgIpc) is 3.36. The normalized spacial score (nSPS) is 19.6. The Morgan fingerprint density at radius 1 is 1.06 bits per heavy atom. The first-order chi connectivity index (χ1) is 15.6. The van der Waals surface area contributed by atoms with Crippen LogP contribution in [-0.4, -0.2) is 37.4 Å². The maximum absolute atomic E-state index is 6.72. The fraction of sp³-hybridized carbons (Fsp3) is 0.333. The van der Waals surface area contributed by atoms with E-state index in [1.165, 1.54) is 11.1 Å². The zero-order valence-corrected chi connectivity index (χ0v) is 18.6. The van der Waals surface area contributed by atoms with Gasteiger partial charge in [0.1, 0.15) is 11.3 Å². The van der Waals surface area contributed by atoms with Gasteiger partial charge in [0.25, 0.3) is 0 Å². The highest BCUT2D eigenvalue weighted by Crippen LogP contribution is 2.50. The van der Waals surface area contributed by atoms with Crippen molar-refractivity contribution in [1.29, 1.82) is 0 Å². The summed E-state index contributed by atoms with van der Waals surface area (Å²) in [5, 5.41) is 0.627. The van der Waals surface area contributed by atoms with Crippen LogP contribution in [0.4, 0.5) is 5.82 Å². The second-order valence-electron chi connectivity index (χ2n) is 8.92. The van der Waals surface area contributed by atoms with Gasteiger partial charge in [-0.3, -0.25) is 14.4 Å². The zero-order chi connectivity index (χ0) is 21.9. The Labute approximate surface area is 191 Å². The zero-order valence-electron chi connectivity index (χ0n) is 17.9. The minimum atomic E-state index is 0.0516. The number of imidazole rings is 1. The summed E-state index contributed by atoms with van der Waals surface area (Å²) in [6, 6.07) is 4.08. The molecule has 6 rings (SSSR count). The SMILES string of the molecule is Cc1nccc(-c2ncc3c(N4CCC5(CC4)Cc4ccncc4C5N)nccn23)c1Cl. The predicted octanol–water partition coefficient (Wildman–Crippen LogP) is 3.99. The van der Waals surface area contributed by atoms with Crippen LogP contribution in [0.3, 0.4) is 0 Å². The lowest BCUT2D eigenvalue weighted by atomic mass is 9.73. The molecule has 0 bridgehead atoms. The van der Waals surface area contributed by atoms with Crippen molar-refractivity contribution in [1.82, 2.24) is 24.3 Å². The molecule has 0 aromatic carbocycles. The number of aryl methyl sites for hydroxylation is 1. The van der Waals surface area contributed by atoms with Gasteiger partial charge in [-0.25, -0.2) is 9.97 Å². The Kier molecular flexibility index (Phi) is 4.45. The van der Waals surface area contributed by atoms with Crippen LogP contribution in [0, 0.1) is 12.3 Å². The lowest BCUT2D eigenvalue weighted by Gasteiger charge is -2.42. The summed E-state index contributed by atoms with van der Waals surface area (Å²) in [5.74, 6) is 1.75. The van der Waals surface area contributed by atoms with E-state index in [4.69, 9.17) is 27.3 Å². The molecule has 1 spiro atoms. The molecule has 5 heterocycles. The lowest BCUT2D eigenvalue weighted by molar-refractivity contribution is 0.187. The fourth-order valence-electron chi connectivity index (χ4n) is 5.43. The highest BCUT2D eigenvalue weighted by molar-refractivity contribution is 6.33. The molecule has 1 atom stereocenters. The van der Waals surface area contributed by atoms with E-state index in [1.807, 2.05) is 44.0 Å². The molecule has 2 aliphatic rings. The van der Waals surface area contributed by atoms with Crippen LogP contribution in [0.15, 0.2) is 49.3 Å². The van der Waals surface area contributed by atoms with E-state index < -0.39 is 0 Å². The van der Waals surface area contributed by atoms with Gasteiger partial charge in [0, 0.05) is 55.7 Å². The van der Waals surface area contributed by atoms with Crippen molar-refractivity contribution in [3.8, 4) is 11.4 Å². The van der Waals surface area contributed by atoms with Gasteiger partial charge in [0.15, 0.2) is 5.82 Å². The van der Waals surface area contributed by atoms with Crippen molar-refractivity contribution in [2.75, 3.05) is 18.0 Å². The number of rotatable bonds is 2. The smallest absolute Gasteiger partial charge is 0.154 e. The first-order valence-electron chi connectivity index (χ1n) is 10.9. The van der Waals surface area contributed by atoms with Gasteiger partial charge in [-0.05, 0) is 54.9 Å². The third-order valence-electron chi connectivity index (χ3n) is 7.29. The maximum Gasteiger partial charge on any atom is 0.154 e. The van der Waals surface area contributed by atoms with Gasteiger partial charge in [0.05, 0.1) is 16.9 Å². The summed E-state index contributed by atoms with van der Waals surface area (Å²) >= 11 is 6.54. The molecule has 1 saturated heterocycles. The van der Waals surface area contributed by atoms with Gasteiger partial charge < -0.3 is 10.6 Å². The summed E-state index contributed by atoms with van der Waals surface area (Å²) in [5.41, 5.74) is 12.0. The average molecular weight is 446 g/mol. The third kappa shape index (κ3) is 2.84. The molecule has 4 aromatic rings. The molecule has 1 aliphatic carbocycles. The van der Waals surface area contributed by atoms with E-state index >= 15 is 0 Å². The molecule has 1 unspecified atom stereocenters. The van der Waals surface area contributed by atoms with E-state index in [1.54, 1.807) is 6.20 Å². The van der Waals surface area contributed by atoms with Gasteiger partial charge in [-0.1, -0.05) is 11.6 Å². The molecular weight excluding hydrogens is 422 g/mol. The van der Waals surface area contributed by atoms with Gasteiger partial charge in [-0.2, -0.15) is 0 Å². The molecule has 2 N–H and O–H groups in total. The Bertz CT molecular complexity index is 1320. The Morgan fingerprint density at radius 3 is 2.72 bits per heavy atom. The number of nitrogens with zero attached hydrogens (tertiary/aromatic N) is 6. The second kappa shape index (κ2) is 7.25. The van der Waals surface area contributed by atoms with Crippen LogP contribution >= 0.6 is 11.6 Å². The highest BCUT2D eigenvalue weighted by atomic mass is 35.5. The van der Waals surface area contributed by atoms with Gasteiger partial charge in [-0.15, -0.1) is 0 Å². The first-order valence-corrected chi connectivity index (χ1v) is 11.3. The molecule has 32 heavy (non-hydrogen) atoms. The summed E-state index contributed by atoms with van der Waals surface area (Å²) in [7, 11) is 0. The summed E-state index contributed by atoms with van der Waals surface area (Å²) < 4.78 is 2.07. The van der Waals surface area contributed by atoms with Crippen molar-refractivity contribution in [2.24, 2.45) is 11.1 Å². The van der Waals surface area contributed by atoms with Crippen LogP contribution in [0.1, 0.15) is 35.7 Å². The number of hydrogen-bond acceptors (Lipinski definition) is 6. The van der Waals surface area contributed by atoms with Crippen LogP contribution in [0.25, 0.3) is 16.9 Å². The van der Waals surface area contributed by atoms with Crippen molar-refractivity contribution in [3.63, 3.8) is 0 Å². The van der Waals surface area contributed by atoms with Gasteiger partial charge >= 0.3 is 0 Å². The fourth-order valence-corrected chi connectivity index (χ4v) is 5.62. The van der Waals surface area contributed by atoms with Gasteiger partial charge in [0.2, 0.25) is 0 Å². The molecule has 162 valence electrons. The third-order valence-corrected chi connectivity index (χ3v) is 7.76. The number of fused-ring (bicyclic) bond motifs is 2. The van der Waals surface area contributed by atoms with Crippen LogP contribution in [0.5, 0.6) is 0 Å². The number of nitrogens with two attached hydrogens (primary N) is 1. The Morgan fingerprint density at radius 2 is 1.91 bits per heavy atom. The van der Waals surface area contributed by atoms with Crippen molar-refractivity contribution in [2.45, 2.75) is 32.2 Å². The van der Waals surface area contributed by atoms with Crippen molar-refractivity contribution < 1.29 is 0 Å². The number of anilines is 1. The van der Waals surface area contributed by atoms with Crippen molar-refractivity contribution in [3.05, 3.63) is 71.2 Å². The molecule has 0 saturated carbocycles. The number of halogens is 1. The number of piperidine rings is 1. The van der Waals surface area contributed by atoms with E-state index in [0.29, 0.717) is 5.02 Å². The molecule has 1 aliphatic heterocycles. The van der Waals surface area contributed by atoms with E-state index in [9.17, 15) is 0 Å². The molecule has 4 aromatic heterocycles. The molecule has 8 heteroatoms. The van der Waals surface area contributed by atoms with Crippen LogP contribution in [-0.2, 0) is 6.42 Å². The minimum absolute atomic E-state index is 0.0516. The number of hydrogen-bond donors (Lipinski definition) is 1. The summed E-state index contributed by atoms with van der Waals surface area (Å²) in [6.07, 6.45) is 14.3. The van der Waals surface area contributed by atoms with E-state index in [-0.39, 0.29) is 11.5 Å². The standard InChI is InChI=1S/C24H24ClN7/c1-15-20(25)17(3-7-28-15)22-30-14-19-23(29-8-11-32(19)22)31-9-4-24(5-10-31)12-16-2-6-27-13-18(16)21(24)26/h2-3,6-8,11,13-14,21H,4-5,9-10,12,26H2,1H3. The highest BCUT2D eigenvalue weighted by Gasteiger charge is 2.46. The van der Waals surface area contributed by atoms with Crippen LogP contribution < -0.4 is 10.6 Å². The minimum Gasteiger partial charge on any atom is -0.355 e. The first kappa shape index (κ1) is 19.6.